The number of carbonyl (C=O) groups is 2. The van der Waals surface area contributed by atoms with E-state index in [0.29, 0.717) is 12.1 Å². The molecule has 1 aliphatic heterocycles. The number of anilines is 1. The third-order valence-electron chi connectivity index (χ3n) is 3.51. The van der Waals surface area contributed by atoms with Crippen molar-refractivity contribution in [1.82, 2.24) is 0 Å². The number of hydrogen-bond acceptors (Lipinski definition) is 6. The molecule has 10 heteroatoms. The Kier molecular flexibility index (Phi) is 6.29. The third kappa shape index (κ3) is 6.65. The lowest BCUT2D eigenvalue weighted by Gasteiger charge is -2.09. The second kappa shape index (κ2) is 8.24. The molecule has 2 rings (SSSR count). The van der Waals surface area contributed by atoms with Gasteiger partial charge in [-0.25, -0.2) is 8.42 Å². The highest BCUT2D eigenvalue weighted by Crippen LogP contribution is 2.22. The van der Waals surface area contributed by atoms with Crippen LogP contribution in [0.25, 0.3) is 0 Å². The number of hydrogen-bond donors (Lipinski definition) is 1. The van der Waals surface area contributed by atoms with Crippen LogP contribution in [0.2, 0.25) is 0 Å². The Morgan fingerprint density at radius 2 is 1.92 bits per heavy atom. The SMILES string of the molecule is O=C(COC(=O)CC1CCS(=O)(=O)C1)Nc1ccc(OC(F)F)cc1. The lowest BCUT2D eigenvalue weighted by molar-refractivity contribution is -0.148. The number of alkyl halides is 2. The van der Waals surface area contributed by atoms with Crippen LogP contribution in [-0.2, 0) is 24.2 Å². The first-order chi connectivity index (χ1) is 11.7. The lowest BCUT2D eigenvalue weighted by Crippen LogP contribution is -2.22. The number of esters is 1. The van der Waals surface area contributed by atoms with Crippen LogP contribution in [0.3, 0.4) is 0 Å². The number of carbonyl (C=O) groups excluding carboxylic acids is 2. The zero-order valence-electron chi connectivity index (χ0n) is 13.1. The topological polar surface area (TPSA) is 98.8 Å². The van der Waals surface area contributed by atoms with Gasteiger partial charge in [-0.3, -0.25) is 9.59 Å². The van der Waals surface area contributed by atoms with Gasteiger partial charge in [0.1, 0.15) is 5.75 Å². The molecule has 0 radical (unpaired) electrons. The number of ether oxygens (including phenoxy) is 2. The molecule has 1 unspecified atom stereocenters. The van der Waals surface area contributed by atoms with Crippen molar-refractivity contribution in [2.24, 2.45) is 5.92 Å². The Morgan fingerprint density at radius 3 is 2.48 bits per heavy atom. The Hall–Kier alpha value is -2.23. The quantitative estimate of drug-likeness (QED) is 0.725. The van der Waals surface area contributed by atoms with E-state index in [1.54, 1.807) is 0 Å². The van der Waals surface area contributed by atoms with Crippen LogP contribution in [0.5, 0.6) is 5.75 Å². The van der Waals surface area contributed by atoms with E-state index >= 15 is 0 Å². The Labute approximate surface area is 143 Å². The molecule has 138 valence electrons. The van der Waals surface area contributed by atoms with Crippen LogP contribution in [0.1, 0.15) is 12.8 Å². The van der Waals surface area contributed by atoms with Crippen LogP contribution < -0.4 is 10.1 Å². The molecular formula is C15H17F2NO6S. The van der Waals surface area contributed by atoms with E-state index in [-0.39, 0.29) is 29.6 Å². The molecule has 1 heterocycles. The fourth-order valence-electron chi connectivity index (χ4n) is 2.39. The summed E-state index contributed by atoms with van der Waals surface area (Å²) in [7, 11) is -3.07. The number of rotatable bonds is 7. The van der Waals surface area contributed by atoms with Gasteiger partial charge in [0.25, 0.3) is 5.91 Å². The van der Waals surface area contributed by atoms with Crippen LogP contribution in [0.15, 0.2) is 24.3 Å². The fourth-order valence-corrected chi connectivity index (χ4v) is 4.25. The normalized spacial score (nSPS) is 18.8. The molecule has 0 aromatic heterocycles. The molecule has 25 heavy (non-hydrogen) atoms. The highest BCUT2D eigenvalue weighted by molar-refractivity contribution is 7.91. The van der Waals surface area contributed by atoms with Crippen molar-refractivity contribution < 1.29 is 36.3 Å². The summed E-state index contributed by atoms with van der Waals surface area (Å²) in [5.41, 5.74) is 0.324. The van der Waals surface area contributed by atoms with Crippen molar-refractivity contribution in [1.29, 1.82) is 0 Å². The first-order valence-corrected chi connectivity index (χ1v) is 9.26. The average Bonchev–Trinajstić information content (AvgIpc) is 2.85. The van der Waals surface area contributed by atoms with Crippen molar-refractivity contribution in [2.75, 3.05) is 23.4 Å². The molecule has 0 spiro atoms. The maximum absolute atomic E-state index is 12.0. The Morgan fingerprint density at radius 1 is 1.24 bits per heavy atom. The van der Waals surface area contributed by atoms with Crippen molar-refractivity contribution in [3.8, 4) is 5.75 Å². The molecule has 0 saturated carbocycles. The predicted octanol–water partition coefficient (Wildman–Crippen LogP) is 1.59. The van der Waals surface area contributed by atoms with Crippen LogP contribution in [0, 0.1) is 5.92 Å². The van der Waals surface area contributed by atoms with E-state index < -0.39 is 34.9 Å². The lowest BCUT2D eigenvalue weighted by atomic mass is 10.1. The predicted molar refractivity (Wildman–Crippen MR) is 84.0 cm³/mol. The van der Waals surface area contributed by atoms with Gasteiger partial charge < -0.3 is 14.8 Å². The van der Waals surface area contributed by atoms with Crippen LogP contribution >= 0.6 is 0 Å². The number of halogens is 2. The number of benzene rings is 1. The van der Waals surface area contributed by atoms with Crippen LogP contribution in [0.4, 0.5) is 14.5 Å². The smallest absolute Gasteiger partial charge is 0.387 e. The molecule has 1 aromatic carbocycles. The maximum atomic E-state index is 12.0. The highest BCUT2D eigenvalue weighted by Gasteiger charge is 2.29. The van der Waals surface area contributed by atoms with Crippen molar-refractivity contribution in [2.45, 2.75) is 19.5 Å². The Bertz CT molecular complexity index is 720. The zero-order valence-corrected chi connectivity index (χ0v) is 13.9. The van der Waals surface area contributed by atoms with E-state index in [2.05, 4.69) is 10.1 Å². The number of nitrogens with one attached hydrogen (secondary N) is 1. The van der Waals surface area contributed by atoms with E-state index in [1.807, 2.05) is 0 Å². The summed E-state index contributed by atoms with van der Waals surface area (Å²) in [5.74, 6) is -1.54. The standard InChI is InChI=1S/C15H17F2NO6S/c16-15(17)24-12-3-1-11(2-4-12)18-13(19)8-23-14(20)7-10-5-6-25(21,22)9-10/h1-4,10,15H,5-9H2,(H,18,19). The maximum Gasteiger partial charge on any atom is 0.387 e. The van der Waals surface area contributed by atoms with Gasteiger partial charge in [0.15, 0.2) is 16.4 Å². The summed E-state index contributed by atoms with van der Waals surface area (Å²) in [6, 6.07) is 5.24. The van der Waals surface area contributed by atoms with Crippen molar-refractivity contribution >= 4 is 27.4 Å². The van der Waals surface area contributed by atoms with Crippen LogP contribution in [-0.4, -0.2) is 45.0 Å². The minimum Gasteiger partial charge on any atom is -0.456 e. The number of sulfone groups is 1. The molecule has 1 N–H and O–H groups in total. The molecule has 1 aliphatic rings. The molecule has 1 atom stereocenters. The van der Waals surface area contributed by atoms with Gasteiger partial charge in [-0.15, -0.1) is 0 Å². The summed E-state index contributed by atoms with van der Waals surface area (Å²) in [4.78, 5) is 23.3. The summed E-state index contributed by atoms with van der Waals surface area (Å²) in [6.07, 6.45) is 0.364. The molecular weight excluding hydrogens is 360 g/mol. The molecule has 1 aromatic rings. The largest absolute Gasteiger partial charge is 0.456 e. The zero-order chi connectivity index (χ0) is 18.4. The molecule has 7 nitrogen and oxygen atoms in total. The molecule has 1 saturated heterocycles. The molecule has 1 amide bonds. The first-order valence-electron chi connectivity index (χ1n) is 7.44. The minimum atomic E-state index is -3.07. The monoisotopic (exact) mass is 377 g/mol. The fraction of sp³-hybridized carbons (Fsp3) is 0.467. The van der Waals surface area contributed by atoms with E-state index in [9.17, 15) is 26.8 Å². The van der Waals surface area contributed by atoms with Crippen molar-refractivity contribution in [3.63, 3.8) is 0 Å². The second-order valence-electron chi connectivity index (χ2n) is 5.58. The second-order valence-corrected chi connectivity index (χ2v) is 7.81. The summed E-state index contributed by atoms with van der Waals surface area (Å²) < 4.78 is 55.6. The van der Waals surface area contributed by atoms with Gasteiger partial charge in [0.2, 0.25) is 0 Å². The summed E-state index contributed by atoms with van der Waals surface area (Å²) in [6.45, 7) is -3.46. The first kappa shape index (κ1) is 19.1. The van der Waals surface area contributed by atoms with E-state index in [1.165, 1.54) is 24.3 Å². The van der Waals surface area contributed by atoms with E-state index in [4.69, 9.17) is 4.74 Å². The van der Waals surface area contributed by atoms with Gasteiger partial charge in [-0.05, 0) is 36.6 Å². The average molecular weight is 377 g/mol. The van der Waals surface area contributed by atoms with Gasteiger partial charge in [0, 0.05) is 12.1 Å². The molecule has 0 aliphatic carbocycles. The van der Waals surface area contributed by atoms with Gasteiger partial charge in [0.05, 0.1) is 11.5 Å². The molecule has 0 bridgehead atoms. The number of amides is 1. The highest BCUT2D eigenvalue weighted by atomic mass is 32.2. The molecule has 1 fully saturated rings. The third-order valence-corrected chi connectivity index (χ3v) is 5.35. The summed E-state index contributed by atoms with van der Waals surface area (Å²) >= 11 is 0. The van der Waals surface area contributed by atoms with E-state index in [0.717, 1.165) is 0 Å². The van der Waals surface area contributed by atoms with Crippen molar-refractivity contribution in [3.05, 3.63) is 24.3 Å². The summed E-state index contributed by atoms with van der Waals surface area (Å²) in [5, 5.41) is 2.43. The van der Waals surface area contributed by atoms with Gasteiger partial charge in [-0.1, -0.05) is 0 Å². The Balaban J connectivity index is 1.72. The van der Waals surface area contributed by atoms with Gasteiger partial charge in [-0.2, -0.15) is 8.78 Å². The minimum absolute atomic E-state index is 0.0403. The van der Waals surface area contributed by atoms with Gasteiger partial charge >= 0.3 is 12.6 Å².